The highest BCUT2D eigenvalue weighted by molar-refractivity contribution is 5.73. The lowest BCUT2D eigenvalue weighted by Gasteiger charge is -2.08. The molecule has 4 nitrogen and oxygen atoms in total. The van der Waals surface area contributed by atoms with Crippen molar-refractivity contribution in [2.75, 3.05) is 13.1 Å². The van der Waals surface area contributed by atoms with Crippen molar-refractivity contribution in [3.8, 4) is 11.8 Å². The molecule has 108 valence electrons. The third kappa shape index (κ3) is 5.72. The van der Waals surface area contributed by atoms with E-state index in [0.717, 1.165) is 12.8 Å². The average molecular weight is 277 g/mol. The number of hydrogen-bond donors (Lipinski definition) is 3. The monoisotopic (exact) mass is 277 g/mol. The molecule has 0 bridgehead atoms. The fourth-order valence-electron chi connectivity index (χ4n) is 1.56. The number of unbranched alkanes of at least 4 members (excludes halogenated alkanes) is 1. The van der Waals surface area contributed by atoms with Gasteiger partial charge in [0.25, 0.3) is 0 Å². The minimum Gasteiger partial charge on any atom is -0.338 e. The van der Waals surface area contributed by atoms with Gasteiger partial charge in [0.05, 0.1) is 6.54 Å². The molecule has 0 saturated carbocycles. The molecule has 0 spiro atoms. The molecule has 0 aliphatic rings. The van der Waals surface area contributed by atoms with E-state index in [2.05, 4.69) is 22.5 Å². The van der Waals surface area contributed by atoms with Crippen LogP contribution < -0.4 is 16.4 Å². The summed E-state index contributed by atoms with van der Waals surface area (Å²) in [7, 11) is 0. The Morgan fingerprint density at radius 3 is 2.90 bits per heavy atom. The molecule has 1 aromatic carbocycles. The predicted molar refractivity (Wildman–Crippen MR) is 77.5 cm³/mol. The minimum absolute atomic E-state index is 0.127. The molecule has 0 saturated heterocycles. The molecule has 0 unspecified atom stereocenters. The van der Waals surface area contributed by atoms with E-state index >= 15 is 0 Å². The zero-order valence-electron chi connectivity index (χ0n) is 11.6. The van der Waals surface area contributed by atoms with E-state index in [-0.39, 0.29) is 24.9 Å². The third-order valence-corrected chi connectivity index (χ3v) is 2.64. The average Bonchev–Trinajstić information content (AvgIpc) is 2.45. The lowest BCUT2D eigenvalue weighted by Crippen LogP contribution is -2.35. The van der Waals surface area contributed by atoms with Gasteiger partial charge in [0.2, 0.25) is 0 Å². The van der Waals surface area contributed by atoms with Crippen molar-refractivity contribution < 1.29 is 9.18 Å². The van der Waals surface area contributed by atoms with Gasteiger partial charge in [-0.2, -0.15) is 0 Å². The van der Waals surface area contributed by atoms with Gasteiger partial charge in [-0.25, -0.2) is 9.18 Å². The van der Waals surface area contributed by atoms with Crippen LogP contribution in [0.25, 0.3) is 0 Å². The summed E-state index contributed by atoms with van der Waals surface area (Å²) in [5.74, 6) is 5.17. The smallest absolute Gasteiger partial charge is 0.315 e. The fourth-order valence-corrected chi connectivity index (χ4v) is 1.56. The Kier molecular flexibility index (Phi) is 7.15. The Labute approximate surface area is 118 Å². The predicted octanol–water partition coefficient (Wildman–Crippen LogP) is 1.74. The van der Waals surface area contributed by atoms with Crippen molar-refractivity contribution in [2.24, 2.45) is 5.73 Å². The summed E-state index contributed by atoms with van der Waals surface area (Å²) in [4.78, 5) is 11.5. The maximum atomic E-state index is 13.6. The quantitative estimate of drug-likeness (QED) is 0.567. The van der Waals surface area contributed by atoms with Crippen LogP contribution in [-0.2, 0) is 6.54 Å². The second kappa shape index (κ2) is 8.94. The standard InChI is InChI=1S/C15H20FN3O/c1-2-3-9-18-15(20)19-11-13-10-12(5-4-8-17)6-7-14(13)16/h6-7,10H,2-3,8-9,11,17H2,1H3,(H2,18,19,20). The maximum absolute atomic E-state index is 13.6. The molecule has 1 rings (SSSR count). The second-order valence-electron chi connectivity index (χ2n) is 4.28. The van der Waals surface area contributed by atoms with Crippen LogP contribution in [0.2, 0.25) is 0 Å². The number of amides is 2. The maximum Gasteiger partial charge on any atom is 0.315 e. The van der Waals surface area contributed by atoms with Gasteiger partial charge < -0.3 is 16.4 Å². The highest BCUT2D eigenvalue weighted by Gasteiger charge is 2.05. The van der Waals surface area contributed by atoms with Crippen LogP contribution in [0.4, 0.5) is 9.18 Å². The number of nitrogens with one attached hydrogen (secondary N) is 2. The topological polar surface area (TPSA) is 67.2 Å². The van der Waals surface area contributed by atoms with Crippen LogP contribution in [-0.4, -0.2) is 19.1 Å². The molecule has 2 amide bonds. The molecular weight excluding hydrogens is 257 g/mol. The zero-order valence-corrected chi connectivity index (χ0v) is 11.6. The van der Waals surface area contributed by atoms with Crippen molar-refractivity contribution >= 4 is 6.03 Å². The van der Waals surface area contributed by atoms with Crippen LogP contribution in [0.3, 0.4) is 0 Å². The van der Waals surface area contributed by atoms with E-state index < -0.39 is 0 Å². The van der Waals surface area contributed by atoms with Gasteiger partial charge in [-0.1, -0.05) is 25.2 Å². The molecule has 4 N–H and O–H groups in total. The molecule has 0 radical (unpaired) electrons. The van der Waals surface area contributed by atoms with Gasteiger partial charge in [-0.15, -0.1) is 0 Å². The number of rotatable bonds is 5. The summed E-state index contributed by atoms with van der Waals surface area (Å²) < 4.78 is 13.6. The van der Waals surface area contributed by atoms with E-state index in [0.29, 0.717) is 17.7 Å². The Bertz CT molecular complexity index is 506. The lowest BCUT2D eigenvalue weighted by molar-refractivity contribution is 0.240. The van der Waals surface area contributed by atoms with Crippen LogP contribution in [0.15, 0.2) is 18.2 Å². The summed E-state index contributed by atoms with van der Waals surface area (Å²) in [5.41, 5.74) is 6.37. The number of benzene rings is 1. The molecule has 0 aliphatic carbocycles. The Morgan fingerprint density at radius 2 is 2.20 bits per heavy atom. The lowest BCUT2D eigenvalue weighted by atomic mass is 10.1. The minimum atomic E-state index is -0.364. The Morgan fingerprint density at radius 1 is 1.40 bits per heavy atom. The largest absolute Gasteiger partial charge is 0.338 e. The van der Waals surface area contributed by atoms with Gasteiger partial charge >= 0.3 is 6.03 Å². The number of nitrogens with two attached hydrogens (primary N) is 1. The molecule has 0 heterocycles. The highest BCUT2D eigenvalue weighted by Crippen LogP contribution is 2.09. The summed E-state index contributed by atoms with van der Waals surface area (Å²) in [5, 5.41) is 5.32. The van der Waals surface area contributed by atoms with Gasteiger partial charge in [-0.05, 0) is 24.6 Å². The van der Waals surface area contributed by atoms with E-state index in [4.69, 9.17) is 5.73 Å². The Hall–Kier alpha value is -2.06. The van der Waals surface area contributed by atoms with Crippen molar-refractivity contribution in [2.45, 2.75) is 26.3 Å². The molecule has 0 aliphatic heterocycles. The van der Waals surface area contributed by atoms with Gasteiger partial charge in [0.15, 0.2) is 0 Å². The van der Waals surface area contributed by atoms with Gasteiger partial charge in [-0.3, -0.25) is 0 Å². The normalized spacial score (nSPS) is 9.55. The van der Waals surface area contributed by atoms with Crippen molar-refractivity contribution in [1.82, 2.24) is 10.6 Å². The van der Waals surface area contributed by atoms with Gasteiger partial charge in [0, 0.05) is 24.2 Å². The number of urea groups is 1. The Balaban J connectivity index is 2.56. The summed E-state index contributed by atoms with van der Waals surface area (Å²) in [6.07, 6.45) is 1.93. The first-order chi connectivity index (χ1) is 9.67. The molecule has 0 fully saturated rings. The molecule has 20 heavy (non-hydrogen) atoms. The molecular formula is C15H20FN3O. The summed E-state index contributed by atoms with van der Waals surface area (Å²) in [6, 6.07) is 4.25. The van der Waals surface area contributed by atoms with Crippen molar-refractivity contribution in [3.05, 3.63) is 35.1 Å². The van der Waals surface area contributed by atoms with E-state index in [1.54, 1.807) is 12.1 Å². The highest BCUT2D eigenvalue weighted by atomic mass is 19.1. The molecule has 5 heteroatoms. The molecule has 0 atom stereocenters. The molecule has 0 aromatic heterocycles. The van der Waals surface area contributed by atoms with E-state index in [1.807, 2.05) is 6.92 Å². The fraction of sp³-hybridized carbons (Fsp3) is 0.400. The zero-order chi connectivity index (χ0) is 14.8. The first-order valence-electron chi connectivity index (χ1n) is 6.66. The second-order valence-corrected chi connectivity index (χ2v) is 4.28. The van der Waals surface area contributed by atoms with Crippen LogP contribution in [0, 0.1) is 17.7 Å². The third-order valence-electron chi connectivity index (χ3n) is 2.64. The summed E-state index contributed by atoms with van der Waals surface area (Å²) >= 11 is 0. The van der Waals surface area contributed by atoms with Crippen LogP contribution >= 0.6 is 0 Å². The van der Waals surface area contributed by atoms with Crippen LogP contribution in [0.5, 0.6) is 0 Å². The van der Waals surface area contributed by atoms with E-state index in [9.17, 15) is 9.18 Å². The first kappa shape index (κ1) is 16.0. The molecule has 1 aromatic rings. The van der Waals surface area contributed by atoms with Crippen LogP contribution in [0.1, 0.15) is 30.9 Å². The number of halogens is 1. The summed E-state index contributed by atoms with van der Waals surface area (Å²) in [6.45, 7) is 3.04. The number of hydrogen-bond acceptors (Lipinski definition) is 2. The first-order valence-corrected chi connectivity index (χ1v) is 6.66. The van der Waals surface area contributed by atoms with Crippen molar-refractivity contribution in [1.29, 1.82) is 0 Å². The number of carbonyl (C=O) groups is 1. The van der Waals surface area contributed by atoms with Gasteiger partial charge in [0.1, 0.15) is 5.82 Å². The van der Waals surface area contributed by atoms with E-state index in [1.165, 1.54) is 6.07 Å². The number of carbonyl (C=O) groups excluding carboxylic acids is 1. The SMILES string of the molecule is CCCCNC(=O)NCc1cc(C#CCN)ccc1F. The van der Waals surface area contributed by atoms with Crippen molar-refractivity contribution in [3.63, 3.8) is 0 Å².